The Morgan fingerprint density at radius 1 is 1.08 bits per heavy atom. The van der Waals surface area contributed by atoms with E-state index in [9.17, 15) is 0 Å². The Kier molecular flexibility index (Phi) is 5.43. The van der Waals surface area contributed by atoms with Gasteiger partial charge in [0.05, 0.1) is 7.11 Å². The van der Waals surface area contributed by atoms with Crippen LogP contribution in [0, 0.1) is 0 Å². The highest BCUT2D eigenvalue weighted by molar-refractivity contribution is 7.98. The zero-order valence-electron chi connectivity index (χ0n) is 13.6. The normalized spacial score (nSPS) is 10.8. The van der Waals surface area contributed by atoms with E-state index in [0.29, 0.717) is 5.02 Å². The van der Waals surface area contributed by atoms with Crippen LogP contribution in [0.3, 0.4) is 0 Å². The number of rotatable bonds is 6. The molecular weight excluding hydrogens is 342 g/mol. The zero-order chi connectivity index (χ0) is 16.9. The predicted octanol–water partition coefficient (Wildman–Crippen LogP) is 4.92. The van der Waals surface area contributed by atoms with Gasteiger partial charge in [0.25, 0.3) is 0 Å². The number of halogens is 1. The topological polar surface area (TPSA) is 39.9 Å². The average Bonchev–Trinajstić information content (AvgIpc) is 3.03. The van der Waals surface area contributed by atoms with Crippen LogP contribution in [0.4, 0.5) is 0 Å². The Hall–Kier alpha value is -1.98. The third-order valence-corrected chi connectivity index (χ3v) is 4.95. The molecule has 0 saturated heterocycles. The Bertz CT molecular complexity index is 817. The van der Waals surface area contributed by atoms with E-state index in [1.807, 2.05) is 42.5 Å². The van der Waals surface area contributed by atoms with Crippen LogP contribution in [0.2, 0.25) is 5.02 Å². The van der Waals surface area contributed by atoms with Crippen LogP contribution in [-0.4, -0.2) is 21.9 Å². The SMILES string of the molecule is CCn1c(SCc2ccccc2OC)nnc1-c1ccc(Cl)cc1. The number of ether oxygens (including phenoxy) is 1. The van der Waals surface area contributed by atoms with Crippen molar-refractivity contribution in [1.29, 1.82) is 0 Å². The molecule has 3 rings (SSSR count). The van der Waals surface area contributed by atoms with Crippen molar-refractivity contribution in [2.24, 2.45) is 0 Å². The van der Waals surface area contributed by atoms with E-state index in [-0.39, 0.29) is 0 Å². The maximum atomic E-state index is 5.97. The number of nitrogens with zero attached hydrogens (tertiary/aromatic N) is 3. The number of hydrogen-bond donors (Lipinski definition) is 0. The molecule has 0 N–H and O–H groups in total. The molecule has 0 unspecified atom stereocenters. The Labute approximate surface area is 150 Å². The summed E-state index contributed by atoms with van der Waals surface area (Å²) in [5.74, 6) is 2.53. The smallest absolute Gasteiger partial charge is 0.191 e. The van der Waals surface area contributed by atoms with E-state index < -0.39 is 0 Å². The van der Waals surface area contributed by atoms with Crippen molar-refractivity contribution in [3.05, 3.63) is 59.1 Å². The first-order valence-electron chi connectivity index (χ1n) is 7.66. The molecule has 0 atom stereocenters. The van der Waals surface area contributed by atoms with Crippen molar-refractivity contribution in [3.63, 3.8) is 0 Å². The second kappa shape index (κ2) is 7.73. The van der Waals surface area contributed by atoms with E-state index in [1.165, 1.54) is 0 Å². The number of benzene rings is 2. The fourth-order valence-electron chi connectivity index (χ4n) is 2.46. The van der Waals surface area contributed by atoms with Gasteiger partial charge in [0.2, 0.25) is 0 Å². The van der Waals surface area contributed by atoms with E-state index >= 15 is 0 Å². The second-order valence-corrected chi connectivity index (χ2v) is 6.54. The number of aromatic nitrogens is 3. The molecule has 0 bridgehead atoms. The number of para-hydroxylation sites is 1. The summed E-state index contributed by atoms with van der Waals surface area (Å²) in [5, 5.41) is 10.3. The minimum atomic E-state index is 0.715. The van der Waals surface area contributed by atoms with Gasteiger partial charge in [-0.25, -0.2) is 0 Å². The number of hydrogen-bond acceptors (Lipinski definition) is 4. The van der Waals surface area contributed by atoms with E-state index in [0.717, 1.165) is 40.2 Å². The van der Waals surface area contributed by atoms with Gasteiger partial charge in [0, 0.05) is 28.4 Å². The first kappa shape index (κ1) is 16.9. The molecule has 2 aromatic carbocycles. The van der Waals surface area contributed by atoms with Gasteiger partial charge in [-0.3, -0.25) is 0 Å². The van der Waals surface area contributed by atoms with Crippen LogP contribution in [0.25, 0.3) is 11.4 Å². The zero-order valence-corrected chi connectivity index (χ0v) is 15.1. The molecule has 3 aromatic rings. The molecule has 0 amide bonds. The lowest BCUT2D eigenvalue weighted by molar-refractivity contribution is 0.411. The van der Waals surface area contributed by atoms with Gasteiger partial charge in [0.15, 0.2) is 11.0 Å². The second-order valence-electron chi connectivity index (χ2n) is 5.16. The first-order chi connectivity index (χ1) is 11.7. The third-order valence-electron chi connectivity index (χ3n) is 3.68. The van der Waals surface area contributed by atoms with E-state index in [2.05, 4.69) is 27.8 Å². The summed E-state index contributed by atoms with van der Waals surface area (Å²) in [5.41, 5.74) is 2.15. The maximum Gasteiger partial charge on any atom is 0.191 e. The molecule has 124 valence electrons. The van der Waals surface area contributed by atoms with E-state index in [4.69, 9.17) is 16.3 Å². The Morgan fingerprint density at radius 3 is 2.54 bits per heavy atom. The Balaban J connectivity index is 1.83. The molecule has 0 fully saturated rings. The van der Waals surface area contributed by atoms with Crippen LogP contribution in [0.5, 0.6) is 5.75 Å². The van der Waals surface area contributed by atoms with Crippen LogP contribution >= 0.6 is 23.4 Å². The highest BCUT2D eigenvalue weighted by Crippen LogP contribution is 2.29. The van der Waals surface area contributed by atoms with Gasteiger partial charge >= 0.3 is 0 Å². The number of methoxy groups -OCH3 is 1. The minimum absolute atomic E-state index is 0.715. The standard InChI is InChI=1S/C18H18ClN3OS/c1-3-22-17(13-8-10-15(19)11-9-13)20-21-18(22)24-12-14-6-4-5-7-16(14)23-2/h4-11H,3,12H2,1-2H3. The van der Waals surface area contributed by atoms with Crippen LogP contribution in [0.15, 0.2) is 53.7 Å². The monoisotopic (exact) mass is 359 g/mol. The highest BCUT2D eigenvalue weighted by atomic mass is 35.5. The van der Waals surface area contributed by atoms with Gasteiger partial charge in [-0.1, -0.05) is 41.6 Å². The minimum Gasteiger partial charge on any atom is -0.496 e. The molecule has 0 aliphatic carbocycles. The summed E-state index contributed by atoms with van der Waals surface area (Å²) >= 11 is 7.62. The van der Waals surface area contributed by atoms with Crippen molar-refractivity contribution in [1.82, 2.24) is 14.8 Å². The summed E-state index contributed by atoms with van der Waals surface area (Å²) in [6, 6.07) is 15.7. The molecule has 4 nitrogen and oxygen atoms in total. The van der Waals surface area contributed by atoms with Gasteiger partial charge in [-0.15, -0.1) is 10.2 Å². The van der Waals surface area contributed by atoms with Crippen molar-refractivity contribution in [2.45, 2.75) is 24.4 Å². The average molecular weight is 360 g/mol. The molecule has 1 aromatic heterocycles. The molecule has 0 spiro atoms. The largest absolute Gasteiger partial charge is 0.496 e. The summed E-state index contributed by atoms with van der Waals surface area (Å²) in [6.07, 6.45) is 0. The van der Waals surface area contributed by atoms with E-state index in [1.54, 1.807) is 18.9 Å². The molecular formula is C18H18ClN3OS. The van der Waals surface area contributed by atoms with Gasteiger partial charge in [-0.2, -0.15) is 0 Å². The third kappa shape index (κ3) is 3.57. The van der Waals surface area contributed by atoms with Crippen molar-refractivity contribution in [3.8, 4) is 17.1 Å². The van der Waals surface area contributed by atoms with Crippen molar-refractivity contribution >= 4 is 23.4 Å². The fraction of sp³-hybridized carbons (Fsp3) is 0.222. The lowest BCUT2D eigenvalue weighted by Gasteiger charge is -2.09. The van der Waals surface area contributed by atoms with Gasteiger partial charge in [0.1, 0.15) is 5.75 Å². The lowest BCUT2D eigenvalue weighted by atomic mass is 10.2. The molecule has 0 radical (unpaired) electrons. The van der Waals surface area contributed by atoms with Crippen LogP contribution < -0.4 is 4.74 Å². The van der Waals surface area contributed by atoms with Crippen molar-refractivity contribution in [2.75, 3.05) is 7.11 Å². The fourth-order valence-corrected chi connectivity index (χ4v) is 3.58. The summed E-state index contributed by atoms with van der Waals surface area (Å²) in [6.45, 7) is 2.90. The first-order valence-corrected chi connectivity index (χ1v) is 9.03. The molecule has 24 heavy (non-hydrogen) atoms. The quantitative estimate of drug-likeness (QED) is 0.586. The Morgan fingerprint density at radius 2 is 1.83 bits per heavy atom. The molecule has 0 aliphatic rings. The summed E-state index contributed by atoms with van der Waals surface area (Å²) in [4.78, 5) is 0. The summed E-state index contributed by atoms with van der Waals surface area (Å²) < 4.78 is 7.52. The molecule has 0 aliphatic heterocycles. The van der Waals surface area contributed by atoms with Crippen LogP contribution in [-0.2, 0) is 12.3 Å². The highest BCUT2D eigenvalue weighted by Gasteiger charge is 2.14. The molecule has 6 heteroatoms. The maximum absolute atomic E-state index is 5.97. The van der Waals surface area contributed by atoms with Crippen LogP contribution in [0.1, 0.15) is 12.5 Å². The predicted molar refractivity (Wildman–Crippen MR) is 98.7 cm³/mol. The number of thioether (sulfide) groups is 1. The van der Waals surface area contributed by atoms with Gasteiger partial charge in [-0.05, 0) is 37.3 Å². The lowest BCUT2D eigenvalue weighted by Crippen LogP contribution is -2.00. The van der Waals surface area contributed by atoms with Crippen molar-refractivity contribution < 1.29 is 4.74 Å². The molecule has 1 heterocycles. The summed E-state index contributed by atoms with van der Waals surface area (Å²) in [7, 11) is 1.69. The molecule has 0 saturated carbocycles. The van der Waals surface area contributed by atoms with Gasteiger partial charge < -0.3 is 9.30 Å².